The molecule has 0 radical (unpaired) electrons. The molecule has 0 unspecified atom stereocenters. The SMILES string of the molecule is C=CCc1c(C)cc(C)cc1C(F)(F)OC(F)(F)c1cc(C)cc(C)c1CC=C. The Morgan fingerprint density at radius 2 is 1.07 bits per heavy atom. The first kappa shape index (κ1) is 22.9. The predicted octanol–water partition coefficient (Wildman–Crippen LogP) is 7.19. The van der Waals surface area contributed by atoms with Crippen LogP contribution in [0.1, 0.15) is 44.5 Å². The Kier molecular flexibility index (Phi) is 6.74. The van der Waals surface area contributed by atoms with Crippen molar-refractivity contribution in [2.75, 3.05) is 0 Å². The monoisotopic (exact) mass is 406 g/mol. The zero-order valence-corrected chi connectivity index (χ0v) is 17.2. The van der Waals surface area contributed by atoms with Crippen LogP contribution in [0.5, 0.6) is 0 Å². The van der Waals surface area contributed by atoms with Gasteiger partial charge >= 0.3 is 12.2 Å². The van der Waals surface area contributed by atoms with E-state index in [0.717, 1.165) is 0 Å². The minimum absolute atomic E-state index is 0.122. The van der Waals surface area contributed by atoms with Crippen LogP contribution in [0.15, 0.2) is 49.6 Å². The van der Waals surface area contributed by atoms with Crippen LogP contribution in [0, 0.1) is 27.7 Å². The lowest BCUT2D eigenvalue weighted by atomic mass is 9.94. The summed E-state index contributed by atoms with van der Waals surface area (Å²) in [5.74, 6) is 0. The van der Waals surface area contributed by atoms with Crippen molar-refractivity contribution in [2.24, 2.45) is 0 Å². The molecule has 1 nitrogen and oxygen atoms in total. The molecular formula is C24H26F4O. The molecule has 0 spiro atoms. The normalized spacial score (nSPS) is 12.1. The van der Waals surface area contributed by atoms with E-state index < -0.39 is 23.3 Å². The molecule has 0 aliphatic rings. The van der Waals surface area contributed by atoms with Crippen LogP contribution in [0.25, 0.3) is 0 Å². The molecule has 0 heterocycles. The van der Waals surface area contributed by atoms with Gasteiger partial charge in [-0.05, 0) is 74.9 Å². The number of alkyl halides is 4. The van der Waals surface area contributed by atoms with Crippen molar-refractivity contribution >= 4 is 0 Å². The Morgan fingerprint density at radius 3 is 1.38 bits per heavy atom. The van der Waals surface area contributed by atoms with Crippen molar-refractivity contribution in [1.29, 1.82) is 0 Å². The fourth-order valence-corrected chi connectivity index (χ4v) is 3.62. The molecule has 0 amide bonds. The minimum Gasteiger partial charge on any atom is -0.247 e. The van der Waals surface area contributed by atoms with E-state index in [0.29, 0.717) is 22.3 Å². The number of aryl methyl sites for hydroxylation is 4. The smallest absolute Gasteiger partial charge is 0.247 e. The van der Waals surface area contributed by atoms with E-state index in [1.165, 1.54) is 24.3 Å². The van der Waals surface area contributed by atoms with Crippen LogP contribution in [-0.2, 0) is 29.8 Å². The summed E-state index contributed by atoms with van der Waals surface area (Å²) in [4.78, 5) is 0. The van der Waals surface area contributed by atoms with Gasteiger partial charge in [-0.15, -0.1) is 13.2 Å². The van der Waals surface area contributed by atoms with Gasteiger partial charge in [0.1, 0.15) is 0 Å². The second kappa shape index (κ2) is 8.54. The molecule has 156 valence electrons. The molecule has 0 saturated heterocycles. The van der Waals surface area contributed by atoms with Crippen molar-refractivity contribution in [3.05, 3.63) is 94.1 Å². The summed E-state index contributed by atoms with van der Waals surface area (Å²) in [6.45, 7) is 13.7. The molecule has 0 bridgehead atoms. The number of ether oxygens (including phenoxy) is 1. The first-order chi connectivity index (χ1) is 13.4. The van der Waals surface area contributed by atoms with Gasteiger partial charge in [-0.2, -0.15) is 17.6 Å². The Morgan fingerprint density at radius 1 is 0.724 bits per heavy atom. The summed E-state index contributed by atoms with van der Waals surface area (Å²) in [7, 11) is 0. The predicted molar refractivity (Wildman–Crippen MR) is 109 cm³/mol. The van der Waals surface area contributed by atoms with E-state index in [2.05, 4.69) is 17.9 Å². The maximum Gasteiger partial charge on any atom is 0.388 e. The zero-order chi connectivity index (χ0) is 22.0. The number of allylic oxidation sites excluding steroid dienone is 2. The Balaban J connectivity index is 2.58. The number of hydrogen-bond donors (Lipinski definition) is 0. The highest BCUT2D eigenvalue weighted by Crippen LogP contribution is 2.44. The topological polar surface area (TPSA) is 9.23 Å². The van der Waals surface area contributed by atoms with Crippen LogP contribution in [0.3, 0.4) is 0 Å². The number of benzene rings is 2. The lowest BCUT2D eigenvalue weighted by Gasteiger charge is -2.28. The summed E-state index contributed by atoms with van der Waals surface area (Å²) in [6.07, 6.45) is -5.22. The number of halogens is 4. The van der Waals surface area contributed by atoms with Crippen molar-refractivity contribution in [2.45, 2.75) is 52.8 Å². The second-order valence-electron chi connectivity index (χ2n) is 7.34. The van der Waals surface area contributed by atoms with Gasteiger partial charge in [0.25, 0.3) is 0 Å². The van der Waals surface area contributed by atoms with Crippen molar-refractivity contribution in [3.8, 4) is 0 Å². The minimum atomic E-state index is -4.19. The molecule has 2 rings (SSSR count). The van der Waals surface area contributed by atoms with E-state index in [9.17, 15) is 0 Å². The van der Waals surface area contributed by atoms with E-state index in [-0.39, 0.29) is 24.0 Å². The van der Waals surface area contributed by atoms with Crippen LogP contribution in [0.4, 0.5) is 17.6 Å². The fourth-order valence-electron chi connectivity index (χ4n) is 3.62. The molecule has 0 aliphatic carbocycles. The third-order valence-corrected chi connectivity index (χ3v) is 4.82. The first-order valence-corrected chi connectivity index (χ1v) is 9.31. The van der Waals surface area contributed by atoms with E-state index in [4.69, 9.17) is 0 Å². The lowest BCUT2D eigenvalue weighted by Crippen LogP contribution is -2.31. The lowest BCUT2D eigenvalue weighted by molar-refractivity contribution is -0.391. The largest absolute Gasteiger partial charge is 0.388 e. The van der Waals surface area contributed by atoms with Gasteiger partial charge in [-0.3, -0.25) is 0 Å². The fraction of sp³-hybridized carbons (Fsp3) is 0.333. The highest BCUT2D eigenvalue weighted by Gasteiger charge is 2.48. The Labute approximate surface area is 169 Å². The second-order valence-corrected chi connectivity index (χ2v) is 7.34. The van der Waals surface area contributed by atoms with Gasteiger partial charge in [0, 0.05) is 0 Å². The van der Waals surface area contributed by atoms with Gasteiger partial charge in [0.05, 0.1) is 11.1 Å². The van der Waals surface area contributed by atoms with Gasteiger partial charge in [-0.25, -0.2) is 4.74 Å². The van der Waals surface area contributed by atoms with E-state index in [1.807, 2.05) is 0 Å². The molecule has 0 aliphatic heterocycles. The Hall–Kier alpha value is -2.40. The average molecular weight is 406 g/mol. The van der Waals surface area contributed by atoms with Gasteiger partial charge in [0.2, 0.25) is 0 Å². The molecule has 0 atom stereocenters. The summed E-state index contributed by atoms with van der Waals surface area (Å²) in [5.41, 5.74) is 1.56. The third kappa shape index (κ3) is 4.96. The van der Waals surface area contributed by atoms with Crippen LogP contribution < -0.4 is 0 Å². The third-order valence-electron chi connectivity index (χ3n) is 4.82. The van der Waals surface area contributed by atoms with Crippen LogP contribution >= 0.6 is 0 Å². The Bertz CT molecular complexity index is 853. The van der Waals surface area contributed by atoms with Crippen molar-refractivity contribution in [1.82, 2.24) is 0 Å². The molecular weight excluding hydrogens is 380 g/mol. The molecule has 2 aromatic carbocycles. The molecule has 2 aromatic rings. The highest BCUT2D eigenvalue weighted by atomic mass is 19.3. The number of rotatable bonds is 8. The van der Waals surface area contributed by atoms with Gasteiger partial charge in [-0.1, -0.05) is 35.4 Å². The standard InChI is InChI=1S/C24H26F4O/c1-7-9-19-17(5)11-15(3)13-21(19)23(25,26)29-24(27,28)22-14-16(4)12-18(6)20(22)10-8-2/h7-8,11-14H,1-2,9-10H2,3-6H3. The average Bonchev–Trinajstić information content (AvgIpc) is 2.58. The molecule has 5 heteroatoms. The zero-order valence-electron chi connectivity index (χ0n) is 17.2. The molecule has 0 saturated carbocycles. The van der Waals surface area contributed by atoms with Crippen LogP contribution in [-0.4, -0.2) is 0 Å². The summed E-state index contributed by atoms with van der Waals surface area (Å²) in [6, 6.07) is 5.83. The van der Waals surface area contributed by atoms with Crippen molar-refractivity contribution in [3.63, 3.8) is 0 Å². The highest BCUT2D eigenvalue weighted by molar-refractivity contribution is 5.43. The van der Waals surface area contributed by atoms with Crippen LogP contribution in [0.2, 0.25) is 0 Å². The first-order valence-electron chi connectivity index (χ1n) is 9.31. The van der Waals surface area contributed by atoms with E-state index in [1.54, 1.807) is 39.8 Å². The summed E-state index contributed by atoms with van der Waals surface area (Å²) in [5, 5.41) is 0. The summed E-state index contributed by atoms with van der Waals surface area (Å²) < 4.78 is 64.4. The molecule has 29 heavy (non-hydrogen) atoms. The quantitative estimate of drug-likeness (QED) is 0.333. The van der Waals surface area contributed by atoms with E-state index >= 15 is 17.6 Å². The maximum absolute atomic E-state index is 15.0. The van der Waals surface area contributed by atoms with Gasteiger partial charge < -0.3 is 0 Å². The van der Waals surface area contributed by atoms with Crippen molar-refractivity contribution < 1.29 is 22.3 Å². The molecule has 0 fully saturated rings. The summed E-state index contributed by atoms with van der Waals surface area (Å²) >= 11 is 0. The number of hydrogen-bond acceptors (Lipinski definition) is 1. The maximum atomic E-state index is 15.0. The molecule has 0 aromatic heterocycles. The van der Waals surface area contributed by atoms with Gasteiger partial charge in [0.15, 0.2) is 0 Å². The molecule has 0 N–H and O–H groups in total.